The molecule has 34 heavy (non-hydrogen) atoms. The van der Waals surface area contributed by atoms with E-state index in [0.29, 0.717) is 29.4 Å². The monoisotopic (exact) mass is 476 g/mol. The van der Waals surface area contributed by atoms with E-state index in [2.05, 4.69) is 0 Å². The van der Waals surface area contributed by atoms with Crippen molar-refractivity contribution in [1.29, 1.82) is 0 Å². The first-order valence-corrected chi connectivity index (χ1v) is 11.4. The van der Waals surface area contributed by atoms with E-state index in [-0.39, 0.29) is 24.0 Å². The van der Waals surface area contributed by atoms with Gasteiger partial charge in [0, 0.05) is 22.2 Å². The lowest BCUT2D eigenvalue weighted by Crippen LogP contribution is -2.30. The van der Waals surface area contributed by atoms with Crippen LogP contribution in [0.2, 0.25) is 5.02 Å². The third-order valence-corrected chi connectivity index (χ3v) is 7.25. The van der Waals surface area contributed by atoms with Gasteiger partial charge in [0.05, 0.1) is 23.3 Å². The molecule has 0 aromatic heterocycles. The van der Waals surface area contributed by atoms with Crippen LogP contribution in [0.1, 0.15) is 35.3 Å². The molecule has 2 aliphatic heterocycles. The molecule has 2 N–H and O–H groups in total. The molecule has 3 aromatic rings. The SMILES string of the molecule is O=C1OCCN1c1cc(C(O)O)cc(N2C(=O)[C@]3(C[C@H]3c3ccc(Cl)cc3)c3ccccc32)c1. The summed E-state index contributed by atoms with van der Waals surface area (Å²) in [5, 5.41) is 20.5. The van der Waals surface area contributed by atoms with Crippen LogP contribution in [0.4, 0.5) is 21.9 Å². The standard InChI is InChI=1S/C26H21ClN2O5/c27-17-7-5-15(6-8-17)21-14-26(21)20-3-1-2-4-22(20)29(24(26)32)19-12-16(23(30)31)11-18(13-19)28-9-10-34-25(28)33/h1-8,11-13,21,23,30-31H,9-10,14H2/t21-,26+/m0/s1. The zero-order valence-corrected chi connectivity index (χ0v) is 18.8. The molecule has 2 atom stereocenters. The van der Waals surface area contributed by atoms with Gasteiger partial charge in [0.2, 0.25) is 5.91 Å². The minimum atomic E-state index is -1.76. The molecule has 8 heteroatoms. The van der Waals surface area contributed by atoms with E-state index in [1.165, 1.54) is 11.0 Å². The van der Waals surface area contributed by atoms with E-state index >= 15 is 0 Å². The van der Waals surface area contributed by atoms with Crippen LogP contribution in [-0.4, -0.2) is 35.4 Å². The van der Waals surface area contributed by atoms with Crippen molar-refractivity contribution in [2.24, 2.45) is 0 Å². The van der Waals surface area contributed by atoms with Crippen molar-refractivity contribution in [3.8, 4) is 0 Å². The largest absolute Gasteiger partial charge is 0.447 e. The summed E-state index contributed by atoms with van der Waals surface area (Å²) in [6, 6.07) is 20.1. The third-order valence-electron chi connectivity index (χ3n) is 7.00. The van der Waals surface area contributed by atoms with Crippen LogP contribution < -0.4 is 9.80 Å². The van der Waals surface area contributed by atoms with Gasteiger partial charge in [-0.05, 0) is 53.9 Å². The fourth-order valence-electron chi connectivity index (χ4n) is 5.30. The van der Waals surface area contributed by atoms with E-state index in [1.54, 1.807) is 17.0 Å². The van der Waals surface area contributed by atoms with Gasteiger partial charge in [0.15, 0.2) is 6.29 Å². The van der Waals surface area contributed by atoms with Crippen molar-refractivity contribution in [3.05, 3.63) is 88.4 Å². The highest BCUT2D eigenvalue weighted by Crippen LogP contribution is 2.67. The highest BCUT2D eigenvalue weighted by Gasteiger charge is 2.67. The average molecular weight is 477 g/mol. The summed E-state index contributed by atoms with van der Waals surface area (Å²) in [7, 11) is 0. The number of rotatable bonds is 4. The van der Waals surface area contributed by atoms with Gasteiger partial charge >= 0.3 is 6.09 Å². The Hall–Kier alpha value is -3.39. The molecule has 7 nitrogen and oxygen atoms in total. The Kier molecular flexibility index (Phi) is 4.71. The zero-order valence-electron chi connectivity index (χ0n) is 18.0. The Morgan fingerprint density at radius 1 is 1.00 bits per heavy atom. The van der Waals surface area contributed by atoms with E-state index < -0.39 is 17.8 Å². The molecular weight excluding hydrogens is 456 g/mol. The Morgan fingerprint density at radius 3 is 2.44 bits per heavy atom. The molecule has 172 valence electrons. The van der Waals surface area contributed by atoms with Crippen molar-refractivity contribution in [2.75, 3.05) is 23.0 Å². The van der Waals surface area contributed by atoms with Gasteiger partial charge in [-0.15, -0.1) is 0 Å². The van der Waals surface area contributed by atoms with Gasteiger partial charge in [0.1, 0.15) is 6.61 Å². The van der Waals surface area contributed by atoms with E-state index in [9.17, 15) is 19.8 Å². The number of hydrogen-bond donors (Lipinski definition) is 2. The lowest BCUT2D eigenvalue weighted by Gasteiger charge is -2.23. The summed E-state index contributed by atoms with van der Waals surface area (Å²) in [4.78, 5) is 29.3. The fraction of sp³-hybridized carbons (Fsp3) is 0.231. The number of para-hydroxylation sites is 1. The van der Waals surface area contributed by atoms with Gasteiger partial charge < -0.3 is 14.9 Å². The van der Waals surface area contributed by atoms with E-state index in [0.717, 1.165) is 16.8 Å². The van der Waals surface area contributed by atoms with Crippen molar-refractivity contribution in [1.82, 2.24) is 0 Å². The van der Waals surface area contributed by atoms with Gasteiger partial charge in [-0.25, -0.2) is 4.79 Å². The maximum atomic E-state index is 14.0. The molecule has 3 aliphatic rings. The summed E-state index contributed by atoms with van der Waals surface area (Å²) in [5.41, 5.74) is 3.15. The van der Waals surface area contributed by atoms with Crippen LogP contribution in [-0.2, 0) is 14.9 Å². The second-order valence-corrected chi connectivity index (χ2v) is 9.30. The summed E-state index contributed by atoms with van der Waals surface area (Å²) < 4.78 is 5.05. The number of fused-ring (bicyclic) bond motifs is 2. The van der Waals surface area contributed by atoms with Crippen molar-refractivity contribution in [2.45, 2.75) is 24.0 Å². The molecule has 0 radical (unpaired) electrons. The number of benzene rings is 3. The number of carbonyl (C=O) groups is 2. The molecule has 2 fully saturated rings. The topological polar surface area (TPSA) is 90.3 Å². The Morgan fingerprint density at radius 2 is 1.74 bits per heavy atom. The number of aliphatic hydroxyl groups excluding tert-OH is 1. The van der Waals surface area contributed by atoms with Crippen LogP contribution in [0.3, 0.4) is 0 Å². The number of cyclic esters (lactones) is 1. The second kappa shape index (κ2) is 7.56. The Balaban J connectivity index is 1.46. The van der Waals surface area contributed by atoms with Crippen molar-refractivity contribution >= 4 is 40.7 Å². The van der Waals surface area contributed by atoms with Crippen LogP contribution >= 0.6 is 11.6 Å². The number of amides is 2. The molecule has 1 saturated carbocycles. The summed E-state index contributed by atoms with van der Waals surface area (Å²) in [6.07, 6.45) is -1.60. The molecule has 1 aliphatic carbocycles. The fourth-order valence-corrected chi connectivity index (χ4v) is 5.43. The summed E-state index contributed by atoms with van der Waals surface area (Å²) in [5.74, 6) is -0.0590. The number of hydrogen-bond acceptors (Lipinski definition) is 5. The molecule has 3 aromatic carbocycles. The molecular formula is C26H21ClN2O5. The van der Waals surface area contributed by atoms with Gasteiger partial charge in [-0.1, -0.05) is 41.9 Å². The minimum absolute atomic E-state index is 0.0167. The number of ether oxygens (including phenoxy) is 1. The molecule has 0 unspecified atom stereocenters. The summed E-state index contributed by atoms with van der Waals surface area (Å²) >= 11 is 6.07. The van der Waals surface area contributed by atoms with E-state index in [4.69, 9.17) is 16.3 Å². The maximum Gasteiger partial charge on any atom is 0.414 e. The van der Waals surface area contributed by atoms with Gasteiger partial charge in [-0.2, -0.15) is 0 Å². The Labute approximate surface area is 200 Å². The highest BCUT2D eigenvalue weighted by molar-refractivity contribution is 6.30. The minimum Gasteiger partial charge on any atom is -0.447 e. The average Bonchev–Trinajstić information content (AvgIpc) is 3.36. The molecule has 0 bridgehead atoms. The number of nitrogens with zero attached hydrogens (tertiary/aromatic N) is 2. The van der Waals surface area contributed by atoms with Crippen LogP contribution in [0.25, 0.3) is 0 Å². The van der Waals surface area contributed by atoms with E-state index in [1.807, 2.05) is 48.5 Å². The Bertz CT molecular complexity index is 1330. The van der Waals surface area contributed by atoms with Gasteiger partial charge in [-0.3, -0.25) is 14.6 Å². The lowest BCUT2D eigenvalue weighted by molar-refractivity contribution is -0.119. The normalized spacial score (nSPS) is 23.1. The first kappa shape index (κ1) is 21.2. The lowest BCUT2D eigenvalue weighted by atomic mass is 9.92. The first-order chi connectivity index (χ1) is 16.4. The molecule has 2 heterocycles. The second-order valence-electron chi connectivity index (χ2n) is 8.86. The van der Waals surface area contributed by atoms with Crippen molar-refractivity contribution in [3.63, 3.8) is 0 Å². The molecule has 2 amide bonds. The van der Waals surface area contributed by atoms with Crippen LogP contribution in [0, 0.1) is 0 Å². The predicted molar refractivity (Wildman–Crippen MR) is 126 cm³/mol. The maximum absolute atomic E-state index is 14.0. The third kappa shape index (κ3) is 3.05. The number of halogens is 1. The first-order valence-electron chi connectivity index (χ1n) is 11.0. The zero-order chi connectivity index (χ0) is 23.6. The highest BCUT2D eigenvalue weighted by atomic mass is 35.5. The molecule has 6 rings (SSSR count). The van der Waals surface area contributed by atoms with Crippen LogP contribution in [0.15, 0.2) is 66.7 Å². The quantitative estimate of drug-likeness (QED) is 0.545. The van der Waals surface area contributed by atoms with Crippen LogP contribution in [0.5, 0.6) is 0 Å². The number of carbonyl (C=O) groups excluding carboxylic acids is 2. The predicted octanol–water partition coefficient (Wildman–Crippen LogP) is 4.38. The molecule has 1 saturated heterocycles. The van der Waals surface area contributed by atoms with Crippen molar-refractivity contribution < 1.29 is 24.5 Å². The van der Waals surface area contributed by atoms with Gasteiger partial charge in [0.25, 0.3) is 0 Å². The molecule has 1 spiro atoms. The summed E-state index contributed by atoms with van der Waals surface area (Å²) in [6.45, 7) is 0.591. The number of aliphatic hydroxyl groups is 2. The number of anilines is 3. The smallest absolute Gasteiger partial charge is 0.414 e.